The molecule has 0 amide bonds. The van der Waals surface area contributed by atoms with Crippen LogP contribution in [0.5, 0.6) is 0 Å². The number of nitrogens with zero attached hydrogens (tertiary/aromatic N) is 1. The predicted molar refractivity (Wildman–Crippen MR) is 142 cm³/mol. The molecule has 1 saturated carbocycles. The largest absolute Gasteiger partial charge is 0.658 e. The number of hydrogen-bond acceptors (Lipinski definition) is 9. The van der Waals surface area contributed by atoms with Gasteiger partial charge >= 0.3 is 11.9 Å². The molecule has 1 aromatic rings. The first kappa shape index (κ1) is 28.2. The van der Waals surface area contributed by atoms with E-state index in [-0.39, 0.29) is 18.8 Å². The number of aliphatic hydroxyl groups excluding tert-OH is 2. The summed E-state index contributed by atoms with van der Waals surface area (Å²) in [5, 5.41) is 45.5. The van der Waals surface area contributed by atoms with Crippen molar-refractivity contribution in [3.05, 3.63) is 46.1 Å². The molecule has 2 aliphatic heterocycles. The summed E-state index contributed by atoms with van der Waals surface area (Å²) in [4.78, 5) is 29.1. The summed E-state index contributed by atoms with van der Waals surface area (Å²) in [7, 11) is 1.26. The zero-order chi connectivity index (χ0) is 29.1. The van der Waals surface area contributed by atoms with Crippen molar-refractivity contribution in [2.45, 2.75) is 81.3 Å². The number of aromatic nitrogens is 1. The van der Waals surface area contributed by atoms with E-state index < -0.39 is 66.2 Å². The first-order chi connectivity index (χ1) is 19.7. The molecule has 3 aliphatic carbocycles. The van der Waals surface area contributed by atoms with E-state index in [9.17, 15) is 30.0 Å². The summed E-state index contributed by atoms with van der Waals surface area (Å²) in [5.74, 6) is -3.21. The van der Waals surface area contributed by atoms with Crippen LogP contribution in [0.25, 0.3) is 11.8 Å². The highest BCUT2D eigenvalue weighted by Gasteiger charge is 2.69. The van der Waals surface area contributed by atoms with Crippen molar-refractivity contribution >= 4 is 23.8 Å². The third kappa shape index (κ3) is 4.20. The van der Waals surface area contributed by atoms with Crippen molar-refractivity contribution in [3.63, 3.8) is 0 Å². The number of carboxylic acids is 1. The van der Waals surface area contributed by atoms with E-state index in [2.05, 4.69) is 4.98 Å². The number of esters is 1. The Balaban J connectivity index is 1.38. The molecule has 41 heavy (non-hydrogen) atoms. The first-order valence-corrected chi connectivity index (χ1v) is 14.2. The maximum absolute atomic E-state index is 12.7. The fourth-order valence-corrected chi connectivity index (χ4v) is 7.53. The first-order valence-electron chi connectivity index (χ1n) is 14.2. The summed E-state index contributed by atoms with van der Waals surface area (Å²) in [6.45, 7) is 1.48. The summed E-state index contributed by atoms with van der Waals surface area (Å²) >= 11 is 0. The van der Waals surface area contributed by atoms with Gasteiger partial charge in [-0.3, -0.25) is 4.79 Å². The Morgan fingerprint density at radius 3 is 2.80 bits per heavy atom. The molecule has 11 heteroatoms. The van der Waals surface area contributed by atoms with Gasteiger partial charge in [0, 0.05) is 23.3 Å². The molecule has 4 bridgehead atoms. The van der Waals surface area contributed by atoms with Gasteiger partial charge in [-0.05, 0) is 36.5 Å². The molecule has 6 rings (SSSR count). The van der Waals surface area contributed by atoms with Crippen LogP contribution in [0.4, 0.5) is 0 Å². The lowest BCUT2D eigenvalue weighted by Gasteiger charge is -2.60. The maximum atomic E-state index is 12.7. The monoisotopic (exact) mass is 570 g/mol. The summed E-state index contributed by atoms with van der Waals surface area (Å²) in [5.41, 5.74) is -1.54. The second-order valence-corrected chi connectivity index (χ2v) is 11.6. The number of fused-ring (bicyclic) bond motifs is 4. The van der Waals surface area contributed by atoms with Crippen molar-refractivity contribution in [3.8, 4) is 0 Å². The van der Waals surface area contributed by atoms with Gasteiger partial charge in [0.05, 0.1) is 32.5 Å². The van der Waals surface area contributed by atoms with Gasteiger partial charge in [-0.2, -0.15) is 5.69 Å². The molecule has 1 saturated heterocycles. The van der Waals surface area contributed by atoms with Crippen molar-refractivity contribution in [2.24, 2.45) is 17.8 Å². The number of carboxylic acid groups (broad SMARTS) is 1. The lowest BCUT2D eigenvalue weighted by atomic mass is 9.63. The van der Waals surface area contributed by atoms with Gasteiger partial charge in [-0.25, -0.2) is 4.79 Å². The van der Waals surface area contributed by atoms with Crippen LogP contribution in [-0.4, -0.2) is 81.9 Å². The number of ether oxygens (including phenoxy) is 4. The number of rotatable bonds is 7. The highest BCUT2D eigenvalue weighted by atomic mass is 16.7. The molecule has 4 N–H and O–H groups in total. The van der Waals surface area contributed by atoms with E-state index in [0.717, 1.165) is 22.9 Å². The van der Waals surface area contributed by atoms with E-state index in [1.54, 1.807) is 6.08 Å². The highest BCUT2D eigenvalue weighted by Crippen LogP contribution is 2.53. The maximum Gasteiger partial charge on any atom is 0.333 e. The Labute approximate surface area is 236 Å². The number of aryl methyl sites for hydroxylation is 1. The van der Waals surface area contributed by atoms with Crippen LogP contribution in [0, 0.1) is 17.8 Å². The normalized spacial score (nSPS) is 38.9. The molecular weight excluding hydrogens is 534 g/mol. The van der Waals surface area contributed by atoms with Crippen LogP contribution in [0.15, 0.2) is 29.9 Å². The Bertz CT molecular complexity index is 1410. The topological polar surface area (TPSA) is 166 Å². The molecule has 3 heterocycles. The molecule has 5 aliphatic rings. The minimum atomic E-state index is -1.89. The van der Waals surface area contributed by atoms with Crippen molar-refractivity contribution in [2.75, 3.05) is 13.7 Å². The molecule has 0 aromatic carbocycles. The van der Waals surface area contributed by atoms with Gasteiger partial charge in [0.2, 0.25) is 0 Å². The lowest BCUT2D eigenvalue weighted by molar-refractivity contribution is -0.374. The minimum Gasteiger partial charge on any atom is -0.658 e. The smallest absolute Gasteiger partial charge is 0.333 e. The molecule has 1 aromatic heterocycles. The molecular formula is C30H36NO10-. The average Bonchev–Trinajstić information content (AvgIpc) is 3.32. The molecule has 9 atom stereocenters. The standard InChI is InChI=1S/C30H36NO10/c1-3-16-11-20-21-8-9-29(37)27(36)30(21,39-14-22(20)31-16)23(13-32)40-28(29)41-25-15-6-4-5-7-17(25)18(12-24(33)34)19(10-15)26(35)38-2/h5,7,10-11,14-15,17-18,23,25,27-28,32,36-37H,3-4,6,8-9,12-13H2,1-2H3,(H,33,34)/q-1/t15-,17+,18-,23+,25+,27+,28-,29+,30+/m0/s1. The summed E-state index contributed by atoms with van der Waals surface area (Å²) in [6.07, 6.45) is 4.56. The van der Waals surface area contributed by atoms with E-state index in [4.69, 9.17) is 18.9 Å². The van der Waals surface area contributed by atoms with Crippen LogP contribution in [-0.2, 0) is 35.0 Å². The summed E-state index contributed by atoms with van der Waals surface area (Å²) in [6, 6.07) is 1.95. The fraction of sp³-hybridized carbons (Fsp3) is 0.600. The lowest BCUT2D eigenvalue weighted by Crippen LogP contribution is -2.77. The Hall–Kier alpha value is -2.96. The molecule has 2 fully saturated rings. The molecule has 222 valence electrons. The van der Waals surface area contributed by atoms with Gasteiger partial charge in [0.15, 0.2) is 11.9 Å². The quantitative estimate of drug-likeness (QED) is 0.250. The third-order valence-electron chi connectivity index (χ3n) is 9.55. The van der Waals surface area contributed by atoms with E-state index in [0.29, 0.717) is 30.2 Å². The zero-order valence-electron chi connectivity index (χ0n) is 23.1. The molecule has 11 nitrogen and oxygen atoms in total. The number of aliphatic hydroxyl groups is 3. The molecule has 0 unspecified atom stereocenters. The van der Waals surface area contributed by atoms with Gasteiger partial charge in [-0.15, -0.1) is 0 Å². The zero-order valence-corrected chi connectivity index (χ0v) is 23.1. The molecule has 1 spiro atoms. The van der Waals surface area contributed by atoms with Crippen LogP contribution < -0.4 is 15.6 Å². The van der Waals surface area contributed by atoms with Crippen LogP contribution in [0.1, 0.15) is 44.7 Å². The number of hydrogen-bond donors (Lipinski definition) is 4. The average molecular weight is 571 g/mol. The highest BCUT2D eigenvalue weighted by molar-refractivity contribution is 5.90. The van der Waals surface area contributed by atoms with Gasteiger partial charge in [0.1, 0.15) is 17.8 Å². The fourth-order valence-electron chi connectivity index (χ4n) is 7.53. The van der Waals surface area contributed by atoms with Crippen LogP contribution in [0.2, 0.25) is 0 Å². The third-order valence-corrected chi connectivity index (χ3v) is 9.55. The van der Waals surface area contributed by atoms with Gasteiger partial charge < -0.3 is 44.4 Å². The second kappa shape index (κ2) is 10.4. The summed E-state index contributed by atoms with van der Waals surface area (Å²) < 4.78 is 23.9. The number of carbonyl (C=O) groups is 2. The number of methoxy groups -OCH3 is 1. The predicted octanol–water partition coefficient (Wildman–Crippen LogP) is -0.362. The van der Waals surface area contributed by atoms with Crippen molar-refractivity contribution in [1.29, 1.82) is 0 Å². The Morgan fingerprint density at radius 2 is 2.10 bits per heavy atom. The molecule has 0 radical (unpaired) electrons. The van der Waals surface area contributed by atoms with Crippen molar-refractivity contribution in [1.82, 2.24) is 4.98 Å². The van der Waals surface area contributed by atoms with Gasteiger partial charge in [0.25, 0.3) is 0 Å². The van der Waals surface area contributed by atoms with E-state index in [1.807, 2.05) is 25.1 Å². The van der Waals surface area contributed by atoms with E-state index >= 15 is 0 Å². The Kier molecular flexibility index (Phi) is 7.14. The minimum absolute atomic E-state index is 0.100. The van der Waals surface area contributed by atoms with Crippen molar-refractivity contribution < 1.29 is 49.0 Å². The van der Waals surface area contributed by atoms with Crippen LogP contribution in [0.3, 0.4) is 0 Å². The van der Waals surface area contributed by atoms with E-state index in [1.165, 1.54) is 13.4 Å². The van der Waals surface area contributed by atoms with Gasteiger partial charge in [-0.1, -0.05) is 43.0 Å². The second-order valence-electron chi connectivity index (χ2n) is 11.6. The van der Waals surface area contributed by atoms with Crippen LogP contribution >= 0.6 is 0 Å². The number of carbonyl (C=O) groups excluding carboxylic acids is 1. The number of allylic oxidation sites excluding steroid dienone is 1. The SMILES string of the molecule is CCc1cc2c([n-]1)=CO[C@]13C=2CC[C@](O)([C@H](O[C@H]2[C@@H]4C=CCC[C@H]2C=C(C(=O)OC)[C@H]4CC(=O)O)O[C@@H]1CO)[C@H]3O. The Morgan fingerprint density at radius 1 is 1.29 bits per heavy atom. The number of aliphatic carboxylic acids is 1.